The molecule has 140 valence electrons. The SMILES string of the molecule is Cc1c(C(=O)N2CCN(CC(C)C)C(=O)[C@@H]2C)n(C)c2c(C)cccc12. The lowest BCUT2D eigenvalue weighted by Crippen LogP contribution is -2.58. The normalized spacial score (nSPS) is 18.3. The van der Waals surface area contributed by atoms with Gasteiger partial charge in [0.15, 0.2) is 0 Å². The second-order valence-corrected chi connectivity index (χ2v) is 7.86. The lowest BCUT2D eigenvalue weighted by molar-refractivity contribution is -0.140. The Bertz CT molecular complexity index is 866. The number of carbonyl (C=O) groups excluding carboxylic acids is 2. The summed E-state index contributed by atoms with van der Waals surface area (Å²) in [5, 5.41) is 1.10. The first kappa shape index (κ1) is 18.5. The van der Waals surface area contributed by atoms with E-state index < -0.39 is 6.04 Å². The molecule has 1 fully saturated rings. The largest absolute Gasteiger partial charge is 0.339 e. The number of rotatable bonds is 3. The average Bonchev–Trinajstić information content (AvgIpc) is 2.83. The van der Waals surface area contributed by atoms with Crippen LogP contribution in [0.25, 0.3) is 10.9 Å². The molecular weight excluding hydrogens is 326 g/mol. The van der Waals surface area contributed by atoms with Crippen LogP contribution in [0.5, 0.6) is 0 Å². The Balaban J connectivity index is 1.95. The Morgan fingerprint density at radius 1 is 1.23 bits per heavy atom. The van der Waals surface area contributed by atoms with E-state index >= 15 is 0 Å². The smallest absolute Gasteiger partial charge is 0.271 e. The van der Waals surface area contributed by atoms with Crippen LogP contribution in [0.3, 0.4) is 0 Å². The third-order valence-electron chi connectivity index (χ3n) is 5.46. The van der Waals surface area contributed by atoms with E-state index in [9.17, 15) is 9.59 Å². The predicted octanol–water partition coefficient (Wildman–Crippen LogP) is 3.12. The molecule has 0 aliphatic carbocycles. The molecule has 1 aliphatic heterocycles. The number of hydrogen-bond donors (Lipinski definition) is 0. The molecule has 0 N–H and O–H groups in total. The van der Waals surface area contributed by atoms with Crippen LogP contribution in [0.15, 0.2) is 18.2 Å². The molecule has 5 nitrogen and oxygen atoms in total. The second-order valence-electron chi connectivity index (χ2n) is 7.86. The zero-order valence-corrected chi connectivity index (χ0v) is 16.7. The van der Waals surface area contributed by atoms with E-state index in [1.54, 1.807) is 4.90 Å². The van der Waals surface area contributed by atoms with E-state index in [0.29, 0.717) is 24.7 Å². The third-order valence-corrected chi connectivity index (χ3v) is 5.46. The number of aromatic nitrogens is 1. The zero-order valence-electron chi connectivity index (χ0n) is 16.7. The first-order chi connectivity index (χ1) is 12.2. The van der Waals surface area contributed by atoms with Crippen molar-refractivity contribution < 1.29 is 9.59 Å². The van der Waals surface area contributed by atoms with Crippen LogP contribution in [-0.4, -0.2) is 51.9 Å². The van der Waals surface area contributed by atoms with Crippen molar-refractivity contribution in [2.75, 3.05) is 19.6 Å². The topological polar surface area (TPSA) is 45.6 Å². The van der Waals surface area contributed by atoms with E-state index in [1.807, 2.05) is 36.4 Å². The highest BCUT2D eigenvalue weighted by Gasteiger charge is 2.36. The summed E-state index contributed by atoms with van der Waals surface area (Å²) in [7, 11) is 1.94. The number of para-hydroxylation sites is 1. The molecule has 0 unspecified atom stereocenters. The van der Waals surface area contributed by atoms with E-state index in [1.165, 1.54) is 0 Å². The molecule has 2 amide bonds. The van der Waals surface area contributed by atoms with E-state index in [0.717, 1.165) is 28.6 Å². The maximum absolute atomic E-state index is 13.3. The standard InChI is InChI=1S/C21H29N3O2/c1-13(2)12-23-10-11-24(16(5)20(23)25)21(26)19-15(4)17-9-7-8-14(3)18(17)22(19)6/h7-9,13,16H,10-12H2,1-6H3/t16-/m0/s1. The van der Waals surface area contributed by atoms with Crippen molar-refractivity contribution in [3.05, 3.63) is 35.0 Å². The van der Waals surface area contributed by atoms with Crippen molar-refractivity contribution in [2.45, 2.75) is 40.7 Å². The molecule has 26 heavy (non-hydrogen) atoms. The number of aryl methyl sites for hydroxylation is 3. The van der Waals surface area contributed by atoms with Crippen molar-refractivity contribution in [3.8, 4) is 0 Å². The minimum Gasteiger partial charge on any atom is -0.339 e. The molecule has 1 atom stereocenters. The molecule has 3 rings (SSSR count). The van der Waals surface area contributed by atoms with Gasteiger partial charge in [-0.25, -0.2) is 0 Å². The van der Waals surface area contributed by atoms with Crippen LogP contribution in [0, 0.1) is 19.8 Å². The number of nitrogens with zero attached hydrogens (tertiary/aromatic N) is 3. The van der Waals surface area contributed by atoms with Gasteiger partial charge in [-0.05, 0) is 37.8 Å². The molecule has 1 aromatic heterocycles. The lowest BCUT2D eigenvalue weighted by Gasteiger charge is -2.40. The highest BCUT2D eigenvalue weighted by molar-refractivity contribution is 6.04. The monoisotopic (exact) mass is 355 g/mol. The van der Waals surface area contributed by atoms with Gasteiger partial charge < -0.3 is 14.4 Å². The molecule has 1 aliphatic rings. The van der Waals surface area contributed by atoms with Crippen LogP contribution < -0.4 is 0 Å². The molecule has 2 heterocycles. The molecular formula is C21H29N3O2. The van der Waals surface area contributed by atoms with Crippen LogP contribution in [0.2, 0.25) is 0 Å². The Morgan fingerprint density at radius 2 is 1.92 bits per heavy atom. The molecule has 2 aromatic rings. The molecule has 0 spiro atoms. The second kappa shape index (κ2) is 6.78. The lowest BCUT2D eigenvalue weighted by atomic mass is 10.1. The molecule has 0 saturated carbocycles. The third kappa shape index (κ3) is 2.89. The minimum absolute atomic E-state index is 0.0471. The van der Waals surface area contributed by atoms with Gasteiger partial charge in [0.2, 0.25) is 5.91 Å². The fourth-order valence-electron chi connectivity index (χ4n) is 4.17. The number of hydrogen-bond acceptors (Lipinski definition) is 2. The highest BCUT2D eigenvalue weighted by atomic mass is 16.2. The summed E-state index contributed by atoms with van der Waals surface area (Å²) in [4.78, 5) is 29.7. The summed E-state index contributed by atoms with van der Waals surface area (Å²) in [6.45, 7) is 12.1. The first-order valence-electron chi connectivity index (χ1n) is 9.38. The molecule has 0 bridgehead atoms. The van der Waals surface area contributed by atoms with Crippen molar-refractivity contribution >= 4 is 22.7 Å². The van der Waals surface area contributed by atoms with Crippen molar-refractivity contribution in [1.29, 1.82) is 0 Å². The molecule has 0 radical (unpaired) electrons. The van der Waals surface area contributed by atoms with Crippen LogP contribution >= 0.6 is 0 Å². The van der Waals surface area contributed by atoms with Crippen LogP contribution in [0.4, 0.5) is 0 Å². The van der Waals surface area contributed by atoms with Crippen molar-refractivity contribution in [2.24, 2.45) is 13.0 Å². The minimum atomic E-state index is -0.423. The quantitative estimate of drug-likeness (QED) is 0.849. The number of carbonyl (C=O) groups is 2. The fourth-order valence-corrected chi connectivity index (χ4v) is 4.17. The molecule has 1 aromatic carbocycles. The van der Waals surface area contributed by atoms with E-state index in [4.69, 9.17) is 0 Å². The maximum atomic E-state index is 13.3. The molecule has 5 heteroatoms. The molecule has 1 saturated heterocycles. The predicted molar refractivity (Wildman–Crippen MR) is 104 cm³/mol. The summed E-state index contributed by atoms with van der Waals surface area (Å²) in [6, 6.07) is 5.72. The van der Waals surface area contributed by atoms with Gasteiger partial charge in [-0.1, -0.05) is 32.0 Å². The van der Waals surface area contributed by atoms with Gasteiger partial charge in [-0.2, -0.15) is 0 Å². The van der Waals surface area contributed by atoms with E-state index in [-0.39, 0.29) is 11.8 Å². The number of amides is 2. The summed E-state index contributed by atoms with van der Waals surface area (Å²) in [6.07, 6.45) is 0. The van der Waals surface area contributed by atoms with Gasteiger partial charge in [0.05, 0.1) is 5.52 Å². The van der Waals surface area contributed by atoms with Gasteiger partial charge in [0, 0.05) is 32.1 Å². The van der Waals surface area contributed by atoms with Gasteiger partial charge in [0.25, 0.3) is 5.91 Å². The van der Waals surface area contributed by atoms with Crippen molar-refractivity contribution in [3.63, 3.8) is 0 Å². The van der Waals surface area contributed by atoms with Gasteiger partial charge in [-0.15, -0.1) is 0 Å². The fraction of sp³-hybridized carbons (Fsp3) is 0.524. The van der Waals surface area contributed by atoms with Gasteiger partial charge >= 0.3 is 0 Å². The average molecular weight is 355 g/mol. The summed E-state index contributed by atoms with van der Waals surface area (Å²) in [5.41, 5.74) is 3.91. The number of fused-ring (bicyclic) bond motifs is 1. The van der Waals surface area contributed by atoms with E-state index in [2.05, 4.69) is 32.9 Å². The number of piperazine rings is 1. The Labute approximate surface area is 155 Å². The Hall–Kier alpha value is -2.30. The van der Waals surface area contributed by atoms with Gasteiger partial charge in [0.1, 0.15) is 11.7 Å². The van der Waals surface area contributed by atoms with Crippen molar-refractivity contribution in [1.82, 2.24) is 14.4 Å². The number of benzene rings is 1. The zero-order chi connectivity index (χ0) is 19.2. The maximum Gasteiger partial charge on any atom is 0.271 e. The Kier molecular flexibility index (Phi) is 4.82. The van der Waals surface area contributed by atoms with Crippen LogP contribution in [-0.2, 0) is 11.8 Å². The summed E-state index contributed by atoms with van der Waals surface area (Å²) >= 11 is 0. The Morgan fingerprint density at radius 3 is 2.54 bits per heavy atom. The first-order valence-corrected chi connectivity index (χ1v) is 9.38. The van der Waals surface area contributed by atoms with Gasteiger partial charge in [-0.3, -0.25) is 9.59 Å². The highest BCUT2D eigenvalue weighted by Crippen LogP contribution is 2.29. The summed E-state index contributed by atoms with van der Waals surface area (Å²) < 4.78 is 1.99. The summed E-state index contributed by atoms with van der Waals surface area (Å²) in [5.74, 6) is 0.424. The van der Waals surface area contributed by atoms with Crippen LogP contribution in [0.1, 0.15) is 42.4 Å².